The summed E-state index contributed by atoms with van der Waals surface area (Å²) >= 11 is 2.00. The van der Waals surface area contributed by atoms with Crippen LogP contribution in [0.15, 0.2) is 18.2 Å². The van der Waals surface area contributed by atoms with Gasteiger partial charge in [-0.05, 0) is 49.3 Å². The van der Waals surface area contributed by atoms with Gasteiger partial charge in [0, 0.05) is 17.0 Å². The van der Waals surface area contributed by atoms with Crippen LogP contribution in [0.1, 0.15) is 35.7 Å². The van der Waals surface area contributed by atoms with E-state index in [0.717, 1.165) is 11.3 Å². The molecule has 0 aliphatic carbocycles. The third kappa shape index (κ3) is 2.99. The molecule has 4 heteroatoms. The zero-order valence-corrected chi connectivity index (χ0v) is 11.6. The molecule has 98 valence electrons. The van der Waals surface area contributed by atoms with Crippen molar-refractivity contribution < 1.29 is 9.90 Å². The van der Waals surface area contributed by atoms with E-state index in [1.54, 1.807) is 12.1 Å². The van der Waals surface area contributed by atoms with Crippen molar-refractivity contribution in [1.29, 1.82) is 0 Å². The molecule has 18 heavy (non-hydrogen) atoms. The topological polar surface area (TPSA) is 49.3 Å². The number of aryl methyl sites for hydroxylation is 1. The molecule has 0 bridgehead atoms. The van der Waals surface area contributed by atoms with Crippen molar-refractivity contribution in [1.82, 2.24) is 0 Å². The van der Waals surface area contributed by atoms with Crippen molar-refractivity contribution in [3.63, 3.8) is 0 Å². The van der Waals surface area contributed by atoms with Crippen molar-refractivity contribution in [2.45, 2.75) is 38.0 Å². The first-order chi connectivity index (χ1) is 8.58. The van der Waals surface area contributed by atoms with Gasteiger partial charge in [0.2, 0.25) is 0 Å². The van der Waals surface area contributed by atoms with E-state index in [2.05, 4.69) is 12.2 Å². The number of carboxylic acid groups (broad SMARTS) is 1. The number of anilines is 1. The first-order valence-electron chi connectivity index (χ1n) is 6.30. The number of rotatable bonds is 3. The van der Waals surface area contributed by atoms with Crippen molar-refractivity contribution in [2.24, 2.45) is 0 Å². The summed E-state index contributed by atoms with van der Waals surface area (Å²) < 4.78 is 0. The summed E-state index contributed by atoms with van der Waals surface area (Å²) in [4.78, 5) is 10.9. The molecule has 2 unspecified atom stereocenters. The Bertz CT molecular complexity index is 447. The van der Waals surface area contributed by atoms with Gasteiger partial charge < -0.3 is 10.4 Å². The van der Waals surface area contributed by atoms with Gasteiger partial charge >= 0.3 is 5.97 Å². The standard InChI is InChI=1S/C14H19NO2S/c1-9-8-11(14(16)17)5-6-12(9)15-13-4-3-7-18-10(13)2/h5-6,8,10,13,15H,3-4,7H2,1-2H3,(H,16,17). The molecule has 1 aromatic carbocycles. The molecule has 0 radical (unpaired) electrons. The lowest BCUT2D eigenvalue weighted by Crippen LogP contribution is -2.33. The fourth-order valence-corrected chi connectivity index (χ4v) is 3.41. The minimum absolute atomic E-state index is 0.351. The number of nitrogens with one attached hydrogen (secondary N) is 1. The summed E-state index contributed by atoms with van der Waals surface area (Å²) in [5.74, 6) is 0.377. The molecule has 2 N–H and O–H groups in total. The van der Waals surface area contributed by atoms with Crippen LogP contribution in [0.25, 0.3) is 0 Å². The van der Waals surface area contributed by atoms with E-state index in [1.807, 2.05) is 24.8 Å². The summed E-state index contributed by atoms with van der Waals surface area (Å²) in [7, 11) is 0. The Hall–Kier alpha value is -1.16. The molecule has 0 amide bonds. The predicted molar refractivity (Wildman–Crippen MR) is 76.7 cm³/mol. The van der Waals surface area contributed by atoms with Gasteiger partial charge in [-0.3, -0.25) is 0 Å². The van der Waals surface area contributed by atoms with Gasteiger partial charge in [-0.1, -0.05) is 6.92 Å². The molecule has 0 saturated carbocycles. The number of aromatic carboxylic acids is 1. The highest BCUT2D eigenvalue weighted by molar-refractivity contribution is 8.00. The van der Waals surface area contributed by atoms with E-state index in [9.17, 15) is 4.79 Å². The lowest BCUT2D eigenvalue weighted by atomic mass is 10.1. The summed E-state index contributed by atoms with van der Waals surface area (Å²) in [5.41, 5.74) is 2.40. The van der Waals surface area contributed by atoms with Crippen molar-refractivity contribution in [2.75, 3.05) is 11.1 Å². The summed E-state index contributed by atoms with van der Waals surface area (Å²) in [6, 6.07) is 5.76. The van der Waals surface area contributed by atoms with Crippen molar-refractivity contribution in [3.8, 4) is 0 Å². The lowest BCUT2D eigenvalue weighted by molar-refractivity contribution is 0.0697. The maximum absolute atomic E-state index is 10.9. The number of hydrogen-bond donors (Lipinski definition) is 2. The normalized spacial score (nSPS) is 23.7. The molecule has 2 atom stereocenters. The second-order valence-corrected chi connectivity index (χ2v) is 6.29. The highest BCUT2D eigenvalue weighted by Crippen LogP contribution is 2.28. The van der Waals surface area contributed by atoms with Gasteiger partial charge in [0.1, 0.15) is 0 Å². The van der Waals surface area contributed by atoms with Crippen LogP contribution in [0.5, 0.6) is 0 Å². The number of carboxylic acids is 1. The molecule has 1 aliphatic heterocycles. The van der Waals surface area contributed by atoms with Gasteiger partial charge in [-0.2, -0.15) is 11.8 Å². The van der Waals surface area contributed by atoms with Crippen LogP contribution >= 0.6 is 11.8 Å². The Labute approximate surface area is 112 Å². The van der Waals surface area contributed by atoms with Crippen molar-refractivity contribution >= 4 is 23.4 Å². The van der Waals surface area contributed by atoms with E-state index < -0.39 is 5.97 Å². The second kappa shape index (κ2) is 5.65. The molecule has 2 rings (SSSR count). The zero-order chi connectivity index (χ0) is 13.1. The zero-order valence-electron chi connectivity index (χ0n) is 10.8. The summed E-state index contributed by atoms with van der Waals surface area (Å²) in [6.07, 6.45) is 2.44. The van der Waals surface area contributed by atoms with E-state index in [-0.39, 0.29) is 0 Å². The SMILES string of the molecule is Cc1cc(C(=O)O)ccc1NC1CCCSC1C. The van der Waals surface area contributed by atoms with E-state index >= 15 is 0 Å². The average molecular weight is 265 g/mol. The van der Waals surface area contributed by atoms with Crippen molar-refractivity contribution in [3.05, 3.63) is 29.3 Å². The molecule has 0 spiro atoms. The fourth-order valence-electron chi connectivity index (χ4n) is 2.27. The minimum atomic E-state index is -0.869. The maximum atomic E-state index is 10.9. The molecule has 1 fully saturated rings. The van der Waals surface area contributed by atoms with Gasteiger partial charge in [0.15, 0.2) is 0 Å². The first kappa shape index (κ1) is 13.3. The van der Waals surface area contributed by atoms with Gasteiger partial charge in [-0.25, -0.2) is 4.79 Å². The van der Waals surface area contributed by atoms with E-state index in [4.69, 9.17) is 5.11 Å². The molecular weight excluding hydrogens is 246 g/mol. The van der Waals surface area contributed by atoms with Crippen LogP contribution in [-0.2, 0) is 0 Å². The number of hydrogen-bond acceptors (Lipinski definition) is 3. The third-order valence-electron chi connectivity index (χ3n) is 3.42. The quantitative estimate of drug-likeness (QED) is 0.879. The van der Waals surface area contributed by atoms with Crippen LogP contribution in [0, 0.1) is 6.92 Å². The Kier molecular flexibility index (Phi) is 4.17. The highest BCUT2D eigenvalue weighted by atomic mass is 32.2. The molecule has 1 aromatic rings. The molecular formula is C14H19NO2S. The minimum Gasteiger partial charge on any atom is -0.478 e. The summed E-state index contributed by atoms with van der Waals surface area (Å²) in [6.45, 7) is 4.21. The smallest absolute Gasteiger partial charge is 0.335 e. The lowest BCUT2D eigenvalue weighted by Gasteiger charge is -2.30. The Morgan fingerprint density at radius 3 is 2.89 bits per heavy atom. The van der Waals surface area contributed by atoms with Crippen LogP contribution in [0.4, 0.5) is 5.69 Å². The van der Waals surface area contributed by atoms with Crippen LogP contribution < -0.4 is 5.32 Å². The molecule has 3 nitrogen and oxygen atoms in total. The van der Waals surface area contributed by atoms with Crippen LogP contribution in [0.2, 0.25) is 0 Å². The van der Waals surface area contributed by atoms with Gasteiger partial charge in [0.25, 0.3) is 0 Å². The molecule has 0 aromatic heterocycles. The third-order valence-corrected chi connectivity index (χ3v) is 4.80. The maximum Gasteiger partial charge on any atom is 0.335 e. The number of benzene rings is 1. The Morgan fingerprint density at radius 2 is 2.28 bits per heavy atom. The van der Waals surface area contributed by atoms with E-state index in [0.29, 0.717) is 16.9 Å². The average Bonchev–Trinajstić information content (AvgIpc) is 2.34. The number of carbonyl (C=O) groups is 1. The summed E-state index contributed by atoms with van der Waals surface area (Å²) in [5, 5.41) is 13.1. The highest BCUT2D eigenvalue weighted by Gasteiger charge is 2.22. The monoisotopic (exact) mass is 265 g/mol. The Morgan fingerprint density at radius 1 is 1.50 bits per heavy atom. The largest absolute Gasteiger partial charge is 0.478 e. The second-order valence-electron chi connectivity index (χ2n) is 4.80. The van der Waals surface area contributed by atoms with Gasteiger partial charge in [-0.15, -0.1) is 0 Å². The predicted octanol–water partition coefficient (Wildman–Crippen LogP) is 3.39. The van der Waals surface area contributed by atoms with Crippen LogP contribution in [-0.4, -0.2) is 28.1 Å². The molecule has 1 heterocycles. The molecule has 1 aliphatic rings. The number of thioether (sulfide) groups is 1. The Balaban J connectivity index is 2.11. The first-order valence-corrected chi connectivity index (χ1v) is 7.35. The van der Waals surface area contributed by atoms with Gasteiger partial charge in [0.05, 0.1) is 5.56 Å². The van der Waals surface area contributed by atoms with E-state index in [1.165, 1.54) is 18.6 Å². The van der Waals surface area contributed by atoms with Crippen LogP contribution in [0.3, 0.4) is 0 Å². The molecule has 1 saturated heterocycles. The fraction of sp³-hybridized carbons (Fsp3) is 0.500.